The van der Waals surface area contributed by atoms with Crippen LogP contribution in [0.25, 0.3) is 6.08 Å². The van der Waals surface area contributed by atoms with Gasteiger partial charge in [0, 0.05) is 0 Å². The molecule has 0 unspecified atom stereocenters. The van der Waals surface area contributed by atoms with E-state index in [4.69, 9.17) is 0 Å². The Bertz CT molecular complexity index is 405. The van der Waals surface area contributed by atoms with Crippen molar-refractivity contribution in [3.8, 4) is 0 Å². The van der Waals surface area contributed by atoms with E-state index < -0.39 is 0 Å². The molecule has 0 amide bonds. The maximum Gasteiger partial charge on any atom is 0.0647 e. The Balaban J connectivity index is 2.22. The van der Waals surface area contributed by atoms with Gasteiger partial charge < -0.3 is 5.11 Å². The molecular weight excluding hydrogens is 220 g/mol. The lowest BCUT2D eigenvalue weighted by Gasteiger charge is -2.23. The fourth-order valence-electron chi connectivity index (χ4n) is 3.07. The molecule has 0 spiro atoms. The van der Waals surface area contributed by atoms with E-state index in [-0.39, 0.29) is 6.61 Å². The first-order valence-electron chi connectivity index (χ1n) is 7.08. The lowest BCUT2D eigenvalue weighted by Crippen LogP contribution is -2.11. The average molecular weight is 244 g/mol. The molecule has 0 aliphatic heterocycles. The molecule has 1 aliphatic carbocycles. The Hall–Kier alpha value is -1.08. The van der Waals surface area contributed by atoms with Crippen molar-refractivity contribution in [3.05, 3.63) is 40.5 Å². The quantitative estimate of drug-likeness (QED) is 0.842. The van der Waals surface area contributed by atoms with Gasteiger partial charge in [0.15, 0.2) is 0 Å². The van der Waals surface area contributed by atoms with Crippen molar-refractivity contribution in [2.45, 2.75) is 46.0 Å². The van der Waals surface area contributed by atoms with Crippen LogP contribution in [0.3, 0.4) is 0 Å². The van der Waals surface area contributed by atoms with E-state index in [1.54, 1.807) is 0 Å². The van der Waals surface area contributed by atoms with Crippen molar-refractivity contribution in [1.82, 2.24) is 0 Å². The van der Waals surface area contributed by atoms with Crippen LogP contribution in [0.1, 0.15) is 48.8 Å². The van der Waals surface area contributed by atoms with Gasteiger partial charge in [-0.1, -0.05) is 54.7 Å². The molecule has 2 rings (SSSR count). The Kier molecular flexibility index (Phi) is 4.60. The molecule has 0 radical (unpaired) electrons. The highest BCUT2D eigenvalue weighted by molar-refractivity contribution is 5.55. The van der Waals surface area contributed by atoms with Crippen molar-refractivity contribution in [2.24, 2.45) is 5.92 Å². The Morgan fingerprint density at radius 1 is 1.11 bits per heavy atom. The Morgan fingerprint density at radius 2 is 1.72 bits per heavy atom. The smallest absolute Gasteiger partial charge is 0.0647 e. The lowest BCUT2D eigenvalue weighted by atomic mass is 9.83. The number of hydrogen-bond donors (Lipinski definition) is 1. The highest BCUT2D eigenvalue weighted by Crippen LogP contribution is 2.30. The normalized spacial score (nSPS) is 18.1. The SMILES string of the molecule is Cc1cc(C)cc(C=C(CO)C2CCCCC2)c1. The van der Waals surface area contributed by atoms with Crippen LogP contribution in [0.15, 0.2) is 23.8 Å². The molecule has 1 nitrogen and oxygen atoms in total. The van der Waals surface area contributed by atoms with E-state index in [1.807, 2.05) is 0 Å². The molecule has 0 bridgehead atoms. The molecule has 1 aliphatic rings. The molecule has 0 heterocycles. The number of aliphatic hydroxyl groups excluding tert-OH is 1. The van der Waals surface area contributed by atoms with E-state index >= 15 is 0 Å². The molecule has 1 N–H and O–H groups in total. The van der Waals surface area contributed by atoms with Gasteiger partial charge in [0.05, 0.1) is 6.61 Å². The third-order valence-electron chi connectivity index (χ3n) is 3.91. The number of aryl methyl sites for hydroxylation is 2. The van der Waals surface area contributed by atoms with Crippen LogP contribution in [0, 0.1) is 19.8 Å². The minimum Gasteiger partial charge on any atom is -0.392 e. The van der Waals surface area contributed by atoms with E-state index in [9.17, 15) is 5.11 Å². The molecule has 1 fully saturated rings. The van der Waals surface area contributed by atoms with Crippen LogP contribution in [-0.4, -0.2) is 11.7 Å². The number of aliphatic hydroxyl groups is 1. The molecule has 0 aromatic heterocycles. The van der Waals surface area contributed by atoms with Gasteiger partial charge in [-0.05, 0) is 43.7 Å². The predicted octanol–water partition coefficient (Wildman–Crippen LogP) is 4.26. The van der Waals surface area contributed by atoms with E-state index in [1.165, 1.54) is 54.4 Å². The summed E-state index contributed by atoms with van der Waals surface area (Å²) in [4.78, 5) is 0. The van der Waals surface area contributed by atoms with Crippen LogP contribution < -0.4 is 0 Å². The van der Waals surface area contributed by atoms with Gasteiger partial charge in [-0.15, -0.1) is 0 Å². The van der Waals surface area contributed by atoms with Gasteiger partial charge in [-0.2, -0.15) is 0 Å². The fraction of sp³-hybridized carbons (Fsp3) is 0.529. The number of rotatable bonds is 3. The third kappa shape index (κ3) is 3.46. The second-order valence-corrected chi connectivity index (χ2v) is 5.63. The molecule has 1 saturated carbocycles. The maximum atomic E-state index is 9.61. The lowest BCUT2D eigenvalue weighted by molar-refractivity contribution is 0.295. The zero-order chi connectivity index (χ0) is 13.0. The second kappa shape index (κ2) is 6.19. The first-order chi connectivity index (χ1) is 8.69. The minimum absolute atomic E-state index is 0.206. The molecule has 0 saturated heterocycles. The van der Waals surface area contributed by atoms with E-state index in [0.29, 0.717) is 5.92 Å². The predicted molar refractivity (Wildman–Crippen MR) is 77.6 cm³/mol. The zero-order valence-corrected chi connectivity index (χ0v) is 11.6. The van der Waals surface area contributed by atoms with Crippen LogP contribution in [0.5, 0.6) is 0 Å². The van der Waals surface area contributed by atoms with Gasteiger partial charge in [0.2, 0.25) is 0 Å². The first kappa shape index (κ1) is 13.4. The van der Waals surface area contributed by atoms with Gasteiger partial charge in [0.25, 0.3) is 0 Å². The van der Waals surface area contributed by atoms with E-state index in [2.05, 4.69) is 38.1 Å². The molecular formula is C17H24O. The zero-order valence-electron chi connectivity index (χ0n) is 11.6. The van der Waals surface area contributed by atoms with Crippen LogP contribution in [-0.2, 0) is 0 Å². The van der Waals surface area contributed by atoms with Gasteiger partial charge in [-0.25, -0.2) is 0 Å². The van der Waals surface area contributed by atoms with Crippen molar-refractivity contribution in [1.29, 1.82) is 0 Å². The summed E-state index contributed by atoms with van der Waals surface area (Å²) < 4.78 is 0. The summed E-state index contributed by atoms with van der Waals surface area (Å²) in [5, 5.41) is 9.61. The molecule has 1 aromatic carbocycles. The monoisotopic (exact) mass is 244 g/mol. The van der Waals surface area contributed by atoms with Crippen molar-refractivity contribution < 1.29 is 5.11 Å². The molecule has 1 heteroatoms. The number of benzene rings is 1. The summed E-state index contributed by atoms with van der Waals surface area (Å²) in [6.45, 7) is 4.46. The summed E-state index contributed by atoms with van der Waals surface area (Å²) in [5.41, 5.74) is 5.05. The summed E-state index contributed by atoms with van der Waals surface area (Å²) in [6, 6.07) is 6.59. The summed E-state index contributed by atoms with van der Waals surface area (Å²) in [6.07, 6.45) is 8.69. The molecule has 98 valence electrons. The Labute approximate surface area is 111 Å². The second-order valence-electron chi connectivity index (χ2n) is 5.63. The van der Waals surface area contributed by atoms with Crippen molar-refractivity contribution >= 4 is 6.08 Å². The van der Waals surface area contributed by atoms with Gasteiger partial charge in [0.1, 0.15) is 0 Å². The van der Waals surface area contributed by atoms with Crippen LogP contribution >= 0.6 is 0 Å². The third-order valence-corrected chi connectivity index (χ3v) is 3.91. The fourth-order valence-corrected chi connectivity index (χ4v) is 3.07. The largest absolute Gasteiger partial charge is 0.392 e. The first-order valence-corrected chi connectivity index (χ1v) is 7.08. The highest BCUT2D eigenvalue weighted by Gasteiger charge is 2.17. The van der Waals surface area contributed by atoms with Gasteiger partial charge in [-0.3, -0.25) is 0 Å². The molecule has 1 aromatic rings. The summed E-state index contributed by atoms with van der Waals surface area (Å²) in [7, 11) is 0. The molecule has 0 atom stereocenters. The Morgan fingerprint density at radius 3 is 2.28 bits per heavy atom. The van der Waals surface area contributed by atoms with E-state index in [0.717, 1.165) is 0 Å². The average Bonchev–Trinajstić information content (AvgIpc) is 2.36. The highest BCUT2D eigenvalue weighted by atomic mass is 16.3. The van der Waals surface area contributed by atoms with Crippen molar-refractivity contribution in [2.75, 3.05) is 6.61 Å². The summed E-state index contributed by atoms with van der Waals surface area (Å²) >= 11 is 0. The van der Waals surface area contributed by atoms with Gasteiger partial charge >= 0.3 is 0 Å². The summed E-state index contributed by atoms with van der Waals surface area (Å²) in [5.74, 6) is 0.601. The standard InChI is InChI=1S/C17H24O/c1-13-8-14(2)10-15(9-13)11-17(12-18)16-6-4-3-5-7-16/h8-11,16,18H,3-7,12H2,1-2H3. The molecule has 18 heavy (non-hydrogen) atoms. The topological polar surface area (TPSA) is 20.2 Å². The minimum atomic E-state index is 0.206. The van der Waals surface area contributed by atoms with Crippen LogP contribution in [0.4, 0.5) is 0 Å². The van der Waals surface area contributed by atoms with Crippen LogP contribution in [0.2, 0.25) is 0 Å². The maximum absolute atomic E-state index is 9.61. The number of hydrogen-bond acceptors (Lipinski definition) is 1. The van der Waals surface area contributed by atoms with Crippen molar-refractivity contribution in [3.63, 3.8) is 0 Å².